The van der Waals surface area contributed by atoms with Crippen molar-refractivity contribution in [1.82, 2.24) is 9.88 Å². The van der Waals surface area contributed by atoms with Gasteiger partial charge in [-0.2, -0.15) is 0 Å². The molecule has 2 aromatic rings. The fourth-order valence-electron chi connectivity index (χ4n) is 4.73. The summed E-state index contributed by atoms with van der Waals surface area (Å²) in [6, 6.07) is 13.3. The van der Waals surface area contributed by atoms with Crippen molar-refractivity contribution in [1.29, 1.82) is 0 Å². The lowest BCUT2D eigenvalue weighted by atomic mass is 9.92. The lowest BCUT2D eigenvalue weighted by Gasteiger charge is -2.30. The van der Waals surface area contributed by atoms with E-state index in [-0.39, 0.29) is 6.09 Å². The molecule has 0 unspecified atom stereocenters. The number of amides is 1. The first-order chi connectivity index (χ1) is 14.6. The molecule has 1 amide bonds. The van der Waals surface area contributed by atoms with E-state index in [2.05, 4.69) is 41.1 Å². The molecule has 158 valence electrons. The first-order valence-electron chi connectivity index (χ1n) is 10.9. The molecule has 0 bridgehead atoms. The second-order valence-corrected chi connectivity index (χ2v) is 8.36. The molecule has 1 aromatic heterocycles. The van der Waals surface area contributed by atoms with Crippen molar-refractivity contribution in [2.45, 2.75) is 52.0 Å². The van der Waals surface area contributed by atoms with Gasteiger partial charge >= 0.3 is 6.09 Å². The maximum absolute atomic E-state index is 12.7. The van der Waals surface area contributed by atoms with Gasteiger partial charge in [0, 0.05) is 55.6 Å². The number of pyridine rings is 1. The topological polar surface area (TPSA) is 45.7 Å². The summed E-state index contributed by atoms with van der Waals surface area (Å²) in [5, 5.41) is 0. The summed E-state index contributed by atoms with van der Waals surface area (Å²) >= 11 is 0. The first-order valence-corrected chi connectivity index (χ1v) is 10.9. The fourth-order valence-corrected chi connectivity index (χ4v) is 4.73. The minimum Gasteiger partial charge on any atom is -0.415 e. The molecule has 1 aromatic carbocycles. The number of aromatic nitrogens is 1. The van der Waals surface area contributed by atoms with Gasteiger partial charge in [-0.3, -0.25) is 4.98 Å². The largest absolute Gasteiger partial charge is 0.415 e. The summed E-state index contributed by atoms with van der Waals surface area (Å²) in [5.41, 5.74) is 5.06. The van der Waals surface area contributed by atoms with E-state index in [0.717, 1.165) is 38.0 Å². The first kappa shape index (κ1) is 20.5. The molecule has 1 fully saturated rings. The minimum atomic E-state index is -0.229. The number of benzene rings is 1. The van der Waals surface area contributed by atoms with Gasteiger partial charge in [0.15, 0.2) is 0 Å². The number of fused-ring (bicyclic) bond motifs is 3. The Balaban J connectivity index is 1.58. The van der Waals surface area contributed by atoms with E-state index >= 15 is 0 Å². The van der Waals surface area contributed by atoms with Crippen molar-refractivity contribution in [3.05, 3.63) is 71.3 Å². The average molecular weight is 406 g/mol. The number of hydrogen-bond acceptors (Lipinski definition) is 4. The van der Waals surface area contributed by atoms with Crippen molar-refractivity contribution in [3.63, 3.8) is 0 Å². The van der Waals surface area contributed by atoms with Gasteiger partial charge in [-0.1, -0.05) is 23.8 Å². The zero-order chi connectivity index (χ0) is 21.1. The Morgan fingerprint density at radius 2 is 2.17 bits per heavy atom. The number of anilines is 1. The molecular weight excluding hydrogens is 374 g/mol. The van der Waals surface area contributed by atoms with Crippen LogP contribution in [0, 0.1) is 6.92 Å². The van der Waals surface area contributed by atoms with Crippen LogP contribution >= 0.6 is 0 Å². The van der Waals surface area contributed by atoms with E-state index in [0.29, 0.717) is 24.3 Å². The minimum absolute atomic E-state index is 0.229. The third-order valence-corrected chi connectivity index (χ3v) is 6.35. The highest BCUT2D eigenvalue weighted by Crippen LogP contribution is 2.44. The molecule has 0 N–H and O–H groups in total. The van der Waals surface area contributed by atoms with Crippen LogP contribution < -0.4 is 4.90 Å². The third-order valence-electron chi connectivity index (χ3n) is 6.35. The number of allylic oxidation sites excluding steroid dienone is 2. The number of carbonyl (C=O) groups excluding carboxylic acids is 1. The van der Waals surface area contributed by atoms with Crippen molar-refractivity contribution >= 4 is 11.8 Å². The van der Waals surface area contributed by atoms with E-state index in [1.165, 1.54) is 16.8 Å². The van der Waals surface area contributed by atoms with Gasteiger partial charge in [0.1, 0.15) is 5.76 Å². The van der Waals surface area contributed by atoms with Gasteiger partial charge in [-0.05, 0) is 63.5 Å². The Morgan fingerprint density at radius 1 is 1.30 bits per heavy atom. The standard InChI is InChI=1S/C25H31N3O2/c1-4-19(3)30-25(29)27-14-7-9-23-22(17-27)21-16-18(2)10-11-24(21)28(23)15-12-20-8-5-6-13-26-20/h4-6,8,10-11,13,16,22-23H,7,9,12,14-15,17H2,1-3H3/b19-4+/t22-,23-/m0/s1. The second kappa shape index (κ2) is 8.90. The molecular formula is C25H31N3O2. The predicted octanol–water partition coefficient (Wildman–Crippen LogP) is 5.06. The molecule has 30 heavy (non-hydrogen) atoms. The van der Waals surface area contributed by atoms with Crippen LogP contribution in [-0.2, 0) is 11.2 Å². The molecule has 2 atom stereocenters. The fraction of sp³-hybridized carbons (Fsp3) is 0.440. The van der Waals surface area contributed by atoms with Crippen molar-refractivity contribution in [2.75, 3.05) is 24.5 Å². The monoisotopic (exact) mass is 405 g/mol. The summed E-state index contributed by atoms with van der Waals surface area (Å²) in [6.07, 6.45) is 6.44. The number of aryl methyl sites for hydroxylation is 1. The van der Waals surface area contributed by atoms with Crippen LogP contribution in [0.4, 0.5) is 10.5 Å². The summed E-state index contributed by atoms with van der Waals surface area (Å²) in [7, 11) is 0. The van der Waals surface area contributed by atoms with Gasteiger partial charge in [0.05, 0.1) is 0 Å². The molecule has 5 nitrogen and oxygen atoms in total. The number of likely N-dealkylation sites (tertiary alicyclic amines) is 1. The Kier molecular flexibility index (Phi) is 6.07. The van der Waals surface area contributed by atoms with E-state index in [1.807, 2.05) is 43.2 Å². The smallest absolute Gasteiger partial charge is 0.414 e. The highest BCUT2D eigenvalue weighted by Gasteiger charge is 2.41. The third kappa shape index (κ3) is 4.20. The van der Waals surface area contributed by atoms with Gasteiger partial charge in [0.2, 0.25) is 0 Å². The molecule has 0 saturated carbocycles. The molecule has 2 aliphatic rings. The Bertz CT molecular complexity index is 925. The number of rotatable bonds is 4. The highest BCUT2D eigenvalue weighted by molar-refractivity contribution is 5.70. The lowest BCUT2D eigenvalue weighted by molar-refractivity contribution is 0.128. The van der Waals surface area contributed by atoms with Gasteiger partial charge in [-0.15, -0.1) is 0 Å². The molecule has 0 aliphatic carbocycles. The van der Waals surface area contributed by atoms with E-state index < -0.39 is 0 Å². The van der Waals surface area contributed by atoms with Crippen LogP contribution in [0.2, 0.25) is 0 Å². The summed E-state index contributed by atoms with van der Waals surface area (Å²) in [4.78, 5) is 21.7. The molecule has 3 heterocycles. The van der Waals surface area contributed by atoms with E-state index in [4.69, 9.17) is 4.74 Å². The average Bonchev–Trinajstić information content (AvgIpc) is 2.90. The van der Waals surface area contributed by atoms with Crippen LogP contribution in [0.1, 0.15) is 49.4 Å². The molecule has 4 rings (SSSR count). The summed E-state index contributed by atoms with van der Waals surface area (Å²) in [5.74, 6) is 0.963. The molecule has 1 saturated heterocycles. The zero-order valence-electron chi connectivity index (χ0n) is 18.2. The van der Waals surface area contributed by atoms with Gasteiger partial charge < -0.3 is 14.5 Å². The second-order valence-electron chi connectivity index (χ2n) is 8.36. The number of ether oxygens (including phenoxy) is 1. The van der Waals surface area contributed by atoms with Crippen molar-refractivity contribution < 1.29 is 9.53 Å². The van der Waals surface area contributed by atoms with Gasteiger partial charge in [0.25, 0.3) is 0 Å². The number of carbonyl (C=O) groups is 1. The summed E-state index contributed by atoms with van der Waals surface area (Å²) < 4.78 is 5.51. The van der Waals surface area contributed by atoms with Crippen molar-refractivity contribution in [2.24, 2.45) is 0 Å². The number of hydrogen-bond donors (Lipinski definition) is 0. The van der Waals surface area contributed by atoms with Crippen LogP contribution in [0.25, 0.3) is 0 Å². The Hall–Kier alpha value is -2.82. The number of nitrogens with zero attached hydrogens (tertiary/aromatic N) is 3. The van der Waals surface area contributed by atoms with Crippen molar-refractivity contribution in [3.8, 4) is 0 Å². The van der Waals surface area contributed by atoms with Crippen LogP contribution in [0.5, 0.6) is 0 Å². The molecule has 0 spiro atoms. The van der Waals surface area contributed by atoms with Gasteiger partial charge in [-0.25, -0.2) is 4.79 Å². The Labute approximate surface area is 179 Å². The SMILES string of the molecule is C/C=C(\C)OC(=O)N1CCC[C@H]2[C@@H](C1)c1cc(C)ccc1N2CCc1ccccn1. The molecule has 5 heteroatoms. The lowest BCUT2D eigenvalue weighted by Crippen LogP contribution is -2.39. The quantitative estimate of drug-likeness (QED) is 0.667. The normalized spacial score (nSPS) is 21.1. The van der Waals surface area contributed by atoms with E-state index in [1.54, 1.807) is 0 Å². The highest BCUT2D eigenvalue weighted by atomic mass is 16.6. The maximum atomic E-state index is 12.7. The van der Waals surface area contributed by atoms with E-state index in [9.17, 15) is 4.79 Å². The zero-order valence-corrected chi connectivity index (χ0v) is 18.2. The molecule has 2 aliphatic heterocycles. The molecule has 0 radical (unpaired) electrons. The summed E-state index contributed by atoms with van der Waals surface area (Å²) in [6.45, 7) is 8.25. The Morgan fingerprint density at radius 3 is 2.93 bits per heavy atom. The predicted molar refractivity (Wildman–Crippen MR) is 120 cm³/mol. The van der Waals surface area contributed by atoms with Crippen LogP contribution in [-0.4, -0.2) is 41.7 Å². The van der Waals surface area contributed by atoms with Crippen LogP contribution in [0.3, 0.4) is 0 Å². The maximum Gasteiger partial charge on any atom is 0.414 e. The van der Waals surface area contributed by atoms with Crippen LogP contribution in [0.15, 0.2) is 54.4 Å².